The maximum absolute atomic E-state index is 13.6. The van der Waals surface area contributed by atoms with E-state index in [1.807, 2.05) is 0 Å². The van der Waals surface area contributed by atoms with Gasteiger partial charge in [-0.25, -0.2) is 9.37 Å². The van der Waals surface area contributed by atoms with Crippen LogP contribution in [0.5, 0.6) is 0 Å². The largest absolute Gasteiger partial charge is 0.382 e. The molecular formula is C10H12Br2FNO2. The minimum Gasteiger partial charge on any atom is -0.382 e. The van der Waals surface area contributed by atoms with E-state index >= 15 is 0 Å². The molecule has 0 radical (unpaired) electrons. The van der Waals surface area contributed by atoms with E-state index in [2.05, 4.69) is 36.8 Å². The van der Waals surface area contributed by atoms with Crippen LogP contribution in [0.15, 0.2) is 21.2 Å². The summed E-state index contributed by atoms with van der Waals surface area (Å²) in [6, 6.07) is 3.37. The molecule has 0 saturated carbocycles. The van der Waals surface area contributed by atoms with E-state index in [9.17, 15) is 4.39 Å². The van der Waals surface area contributed by atoms with Crippen molar-refractivity contribution in [2.75, 3.05) is 26.9 Å². The van der Waals surface area contributed by atoms with Crippen molar-refractivity contribution < 1.29 is 13.9 Å². The first-order valence-electron chi connectivity index (χ1n) is 4.68. The first-order chi connectivity index (χ1) is 7.65. The van der Waals surface area contributed by atoms with Crippen molar-refractivity contribution in [1.29, 1.82) is 0 Å². The Balaban J connectivity index is 2.46. The third-order valence-corrected chi connectivity index (χ3v) is 3.62. The molecule has 0 aromatic carbocycles. The molecule has 0 amide bonds. The molecule has 1 rings (SSSR count). The second-order valence-corrected chi connectivity index (χ2v) is 4.65. The van der Waals surface area contributed by atoms with Crippen LogP contribution in [0, 0.1) is 0 Å². The van der Waals surface area contributed by atoms with Crippen LogP contribution in [0.3, 0.4) is 0 Å². The molecule has 3 nitrogen and oxygen atoms in total. The number of pyridine rings is 1. The third kappa shape index (κ3) is 4.45. The molecule has 0 aliphatic heterocycles. The van der Waals surface area contributed by atoms with Gasteiger partial charge in [-0.1, -0.05) is 0 Å². The standard InChI is InChI=1S/C10H12Br2FNO2/c1-15-4-5-16-6-8(13)9-3-2-7(11)10(12)14-9/h2-3,8H,4-6H2,1H3. The van der Waals surface area contributed by atoms with Gasteiger partial charge in [-0.3, -0.25) is 0 Å². The van der Waals surface area contributed by atoms with E-state index in [1.54, 1.807) is 19.2 Å². The molecule has 0 aliphatic carbocycles. The average molecular weight is 357 g/mol. The van der Waals surface area contributed by atoms with Crippen LogP contribution < -0.4 is 0 Å². The third-order valence-electron chi connectivity index (χ3n) is 1.84. The Morgan fingerprint density at radius 2 is 2.12 bits per heavy atom. The summed E-state index contributed by atoms with van der Waals surface area (Å²) in [5.41, 5.74) is 0.354. The van der Waals surface area contributed by atoms with E-state index in [0.29, 0.717) is 23.5 Å². The highest BCUT2D eigenvalue weighted by atomic mass is 79.9. The van der Waals surface area contributed by atoms with Gasteiger partial charge in [-0.15, -0.1) is 0 Å². The van der Waals surface area contributed by atoms with Crippen LogP contribution in [-0.4, -0.2) is 31.9 Å². The van der Waals surface area contributed by atoms with Crippen LogP contribution in [0.25, 0.3) is 0 Å². The molecule has 0 bridgehead atoms. The van der Waals surface area contributed by atoms with Gasteiger partial charge in [0.15, 0.2) is 6.17 Å². The molecule has 0 aliphatic rings. The Hall–Kier alpha value is -0.0400. The van der Waals surface area contributed by atoms with Crippen LogP contribution in [-0.2, 0) is 9.47 Å². The molecule has 0 N–H and O–H groups in total. The van der Waals surface area contributed by atoms with Gasteiger partial charge in [0.25, 0.3) is 0 Å². The molecule has 0 fully saturated rings. The lowest BCUT2D eigenvalue weighted by Crippen LogP contribution is -2.09. The lowest BCUT2D eigenvalue weighted by molar-refractivity contribution is 0.0402. The molecule has 0 saturated heterocycles. The van der Waals surface area contributed by atoms with Crippen LogP contribution in [0.1, 0.15) is 11.9 Å². The lowest BCUT2D eigenvalue weighted by atomic mass is 10.2. The zero-order chi connectivity index (χ0) is 12.0. The fourth-order valence-electron chi connectivity index (χ4n) is 1.02. The van der Waals surface area contributed by atoms with Gasteiger partial charge in [-0.05, 0) is 44.0 Å². The maximum atomic E-state index is 13.6. The normalized spacial score (nSPS) is 12.8. The molecule has 6 heteroatoms. The summed E-state index contributed by atoms with van der Waals surface area (Å²) in [5, 5.41) is 0. The molecule has 16 heavy (non-hydrogen) atoms. The van der Waals surface area contributed by atoms with Gasteiger partial charge in [-0.2, -0.15) is 0 Å². The Morgan fingerprint density at radius 1 is 1.38 bits per heavy atom. The Morgan fingerprint density at radius 3 is 2.75 bits per heavy atom. The molecule has 90 valence electrons. The first-order valence-corrected chi connectivity index (χ1v) is 6.26. The summed E-state index contributed by atoms with van der Waals surface area (Å²) in [4.78, 5) is 4.06. The van der Waals surface area contributed by atoms with E-state index in [4.69, 9.17) is 9.47 Å². The summed E-state index contributed by atoms with van der Waals surface area (Å²) in [6.07, 6.45) is -1.22. The lowest BCUT2D eigenvalue weighted by Gasteiger charge is -2.09. The zero-order valence-electron chi connectivity index (χ0n) is 8.75. The van der Waals surface area contributed by atoms with Crippen molar-refractivity contribution >= 4 is 31.9 Å². The zero-order valence-corrected chi connectivity index (χ0v) is 11.9. The number of hydrogen-bond acceptors (Lipinski definition) is 3. The number of aromatic nitrogens is 1. The van der Waals surface area contributed by atoms with Gasteiger partial charge in [0.2, 0.25) is 0 Å². The minimum absolute atomic E-state index is 0.00949. The number of methoxy groups -OCH3 is 1. The number of ether oxygens (including phenoxy) is 2. The van der Waals surface area contributed by atoms with E-state index < -0.39 is 6.17 Å². The smallest absolute Gasteiger partial charge is 0.165 e. The molecule has 0 spiro atoms. The quantitative estimate of drug-likeness (QED) is 0.579. The average Bonchev–Trinajstić information content (AvgIpc) is 2.28. The van der Waals surface area contributed by atoms with E-state index in [-0.39, 0.29) is 6.61 Å². The predicted molar refractivity (Wildman–Crippen MR) is 66.2 cm³/mol. The molecular weight excluding hydrogens is 345 g/mol. The second-order valence-electron chi connectivity index (χ2n) is 3.04. The maximum Gasteiger partial charge on any atom is 0.165 e. The summed E-state index contributed by atoms with van der Waals surface area (Å²) < 4.78 is 24.9. The van der Waals surface area contributed by atoms with Crippen molar-refractivity contribution in [2.45, 2.75) is 6.17 Å². The Kier molecular flexibility index (Phi) is 6.41. The molecule has 1 atom stereocenters. The molecule has 1 unspecified atom stereocenters. The van der Waals surface area contributed by atoms with Crippen LogP contribution >= 0.6 is 31.9 Å². The summed E-state index contributed by atoms with van der Waals surface area (Å²) in [5.74, 6) is 0. The van der Waals surface area contributed by atoms with Crippen molar-refractivity contribution in [3.63, 3.8) is 0 Å². The molecule has 1 heterocycles. The van der Waals surface area contributed by atoms with Crippen molar-refractivity contribution in [3.05, 3.63) is 26.9 Å². The van der Waals surface area contributed by atoms with Crippen molar-refractivity contribution in [1.82, 2.24) is 4.98 Å². The van der Waals surface area contributed by atoms with Gasteiger partial charge < -0.3 is 9.47 Å². The highest BCUT2D eigenvalue weighted by molar-refractivity contribution is 9.13. The highest BCUT2D eigenvalue weighted by Crippen LogP contribution is 2.24. The fraction of sp³-hybridized carbons (Fsp3) is 0.500. The van der Waals surface area contributed by atoms with Crippen molar-refractivity contribution in [3.8, 4) is 0 Å². The molecule has 1 aromatic heterocycles. The van der Waals surface area contributed by atoms with Crippen LogP contribution in [0.2, 0.25) is 0 Å². The number of hydrogen-bond donors (Lipinski definition) is 0. The van der Waals surface area contributed by atoms with E-state index in [1.165, 1.54) is 0 Å². The topological polar surface area (TPSA) is 31.4 Å². The SMILES string of the molecule is COCCOCC(F)c1ccc(Br)c(Br)n1. The van der Waals surface area contributed by atoms with Gasteiger partial charge in [0.1, 0.15) is 4.60 Å². The number of rotatable bonds is 6. The Labute approximate surface area is 111 Å². The summed E-state index contributed by atoms with van der Waals surface area (Å²) in [7, 11) is 1.57. The number of halogens is 3. The second kappa shape index (κ2) is 7.32. The number of alkyl halides is 1. The summed E-state index contributed by atoms with van der Waals surface area (Å²) in [6.45, 7) is 0.837. The monoisotopic (exact) mass is 355 g/mol. The predicted octanol–water partition coefficient (Wildman–Crippen LogP) is 3.28. The van der Waals surface area contributed by atoms with Gasteiger partial charge >= 0.3 is 0 Å². The number of nitrogens with zero attached hydrogens (tertiary/aromatic N) is 1. The van der Waals surface area contributed by atoms with Gasteiger partial charge in [0.05, 0.1) is 30.0 Å². The van der Waals surface area contributed by atoms with Crippen molar-refractivity contribution in [2.24, 2.45) is 0 Å². The molecule has 1 aromatic rings. The Bertz CT molecular complexity index is 339. The minimum atomic E-state index is -1.22. The first kappa shape index (κ1) is 14.0. The van der Waals surface area contributed by atoms with Gasteiger partial charge in [0, 0.05) is 7.11 Å². The van der Waals surface area contributed by atoms with E-state index in [0.717, 1.165) is 4.47 Å². The fourth-order valence-corrected chi connectivity index (χ4v) is 1.58. The highest BCUT2D eigenvalue weighted by Gasteiger charge is 2.12. The summed E-state index contributed by atoms with van der Waals surface area (Å²) >= 11 is 6.49. The van der Waals surface area contributed by atoms with Crippen LogP contribution in [0.4, 0.5) is 4.39 Å².